The van der Waals surface area contributed by atoms with E-state index in [0.29, 0.717) is 34.7 Å². The minimum absolute atomic E-state index is 0.230. The van der Waals surface area contributed by atoms with Crippen LogP contribution in [0.15, 0.2) is 54.6 Å². The monoisotopic (exact) mass is 420 g/mol. The van der Waals surface area contributed by atoms with Crippen molar-refractivity contribution in [3.8, 4) is 5.69 Å². The molecule has 31 heavy (non-hydrogen) atoms. The Labute approximate surface area is 180 Å². The van der Waals surface area contributed by atoms with Gasteiger partial charge >= 0.3 is 5.97 Å². The molecule has 0 unspecified atom stereocenters. The maximum absolute atomic E-state index is 12.6. The molecule has 0 atom stereocenters. The molecule has 0 fully saturated rings. The summed E-state index contributed by atoms with van der Waals surface area (Å²) in [6, 6.07) is 16.0. The van der Waals surface area contributed by atoms with Gasteiger partial charge in [0.1, 0.15) is 5.56 Å². The number of carbonyl (C=O) groups is 3. The Morgan fingerprint density at radius 2 is 1.77 bits per heavy atom. The van der Waals surface area contributed by atoms with E-state index in [4.69, 9.17) is 4.74 Å². The average Bonchev–Trinajstić information content (AvgIpc) is 3.07. The Bertz CT molecular complexity index is 1110. The standard InChI is InChI=1S/C23H24N4O4/c1-4-24-22(29)17-9-8-10-18(13-17)25-20(28)14-31-23(30)21-15(2)26-27(16(21)3)19-11-6-5-7-12-19/h5-13H,4,14H2,1-3H3,(H,24,29)(H,25,28). The van der Waals surface area contributed by atoms with Gasteiger partial charge in [-0.1, -0.05) is 24.3 Å². The lowest BCUT2D eigenvalue weighted by Crippen LogP contribution is -2.23. The van der Waals surface area contributed by atoms with Gasteiger partial charge in [-0.15, -0.1) is 0 Å². The third kappa shape index (κ3) is 5.16. The Morgan fingerprint density at radius 1 is 1.03 bits per heavy atom. The number of anilines is 1. The highest BCUT2D eigenvalue weighted by molar-refractivity contribution is 5.98. The van der Waals surface area contributed by atoms with Crippen LogP contribution in [-0.4, -0.2) is 40.7 Å². The van der Waals surface area contributed by atoms with Crippen LogP contribution in [0.5, 0.6) is 0 Å². The predicted molar refractivity (Wildman–Crippen MR) is 116 cm³/mol. The highest BCUT2D eigenvalue weighted by Crippen LogP contribution is 2.19. The molecule has 160 valence electrons. The van der Waals surface area contributed by atoms with Crippen LogP contribution in [-0.2, 0) is 9.53 Å². The number of esters is 1. The normalized spacial score (nSPS) is 10.4. The first-order valence-corrected chi connectivity index (χ1v) is 9.87. The number of aromatic nitrogens is 2. The van der Waals surface area contributed by atoms with Gasteiger partial charge < -0.3 is 15.4 Å². The van der Waals surface area contributed by atoms with Crippen molar-refractivity contribution in [3.05, 3.63) is 77.1 Å². The summed E-state index contributed by atoms with van der Waals surface area (Å²) < 4.78 is 6.87. The summed E-state index contributed by atoms with van der Waals surface area (Å²) in [6.07, 6.45) is 0. The van der Waals surface area contributed by atoms with E-state index in [1.54, 1.807) is 42.8 Å². The van der Waals surface area contributed by atoms with Crippen molar-refractivity contribution < 1.29 is 19.1 Å². The van der Waals surface area contributed by atoms with Crippen LogP contribution in [0.3, 0.4) is 0 Å². The van der Waals surface area contributed by atoms with Gasteiger partial charge in [0, 0.05) is 17.8 Å². The molecule has 0 saturated heterocycles. The maximum atomic E-state index is 12.6. The van der Waals surface area contributed by atoms with Crippen molar-refractivity contribution in [2.24, 2.45) is 0 Å². The SMILES string of the molecule is CCNC(=O)c1cccc(NC(=O)COC(=O)c2c(C)nn(-c3ccccc3)c2C)c1. The molecule has 2 N–H and O–H groups in total. The molecule has 0 spiro atoms. The van der Waals surface area contributed by atoms with Crippen LogP contribution in [0.1, 0.15) is 39.0 Å². The number of rotatable bonds is 7. The van der Waals surface area contributed by atoms with Crippen LogP contribution in [0.25, 0.3) is 5.69 Å². The topological polar surface area (TPSA) is 102 Å². The van der Waals surface area contributed by atoms with Crippen LogP contribution in [0, 0.1) is 13.8 Å². The number of nitrogens with zero attached hydrogens (tertiary/aromatic N) is 2. The minimum atomic E-state index is -0.622. The fourth-order valence-electron chi connectivity index (χ4n) is 3.16. The second-order valence-electron chi connectivity index (χ2n) is 6.86. The number of carbonyl (C=O) groups excluding carboxylic acids is 3. The lowest BCUT2D eigenvalue weighted by molar-refractivity contribution is -0.119. The van der Waals surface area contributed by atoms with Gasteiger partial charge in [-0.2, -0.15) is 5.10 Å². The molecule has 1 aromatic heterocycles. The molecule has 2 aromatic carbocycles. The fourth-order valence-corrected chi connectivity index (χ4v) is 3.16. The molecular weight excluding hydrogens is 396 g/mol. The smallest absolute Gasteiger partial charge is 0.342 e. The van der Waals surface area contributed by atoms with Crippen LogP contribution in [0.4, 0.5) is 5.69 Å². The zero-order valence-electron chi connectivity index (χ0n) is 17.6. The zero-order chi connectivity index (χ0) is 22.4. The van der Waals surface area contributed by atoms with E-state index in [0.717, 1.165) is 5.69 Å². The van der Waals surface area contributed by atoms with Crippen LogP contribution in [0.2, 0.25) is 0 Å². The summed E-state index contributed by atoms with van der Waals surface area (Å²) >= 11 is 0. The number of benzene rings is 2. The fraction of sp³-hybridized carbons (Fsp3) is 0.217. The van der Waals surface area contributed by atoms with Gasteiger partial charge in [0.2, 0.25) is 0 Å². The van der Waals surface area contributed by atoms with E-state index in [1.165, 1.54) is 0 Å². The summed E-state index contributed by atoms with van der Waals surface area (Å²) in [5.74, 6) is -1.36. The van der Waals surface area contributed by atoms with Gasteiger partial charge in [-0.3, -0.25) is 9.59 Å². The lowest BCUT2D eigenvalue weighted by Gasteiger charge is -2.09. The summed E-state index contributed by atoms with van der Waals surface area (Å²) in [7, 11) is 0. The summed E-state index contributed by atoms with van der Waals surface area (Å²) in [5.41, 5.74) is 3.16. The van der Waals surface area contributed by atoms with Crippen molar-refractivity contribution in [1.82, 2.24) is 15.1 Å². The third-order valence-electron chi connectivity index (χ3n) is 4.58. The largest absolute Gasteiger partial charge is 0.452 e. The van der Waals surface area contributed by atoms with Gasteiger partial charge in [-0.25, -0.2) is 9.48 Å². The number of amides is 2. The molecule has 0 aliphatic rings. The molecule has 0 radical (unpaired) electrons. The Hall–Kier alpha value is -3.94. The second-order valence-corrected chi connectivity index (χ2v) is 6.86. The molecule has 3 rings (SSSR count). The summed E-state index contributed by atoms with van der Waals surface area (Å²) in [5, 5.41) is 9.74. The number of hydrogen-bond acceptors (Lipinski definition) is 5. The van der Waals surface area contributed by atoms with E-state index in [9.17, 15) is 14.4 Å². The van der Waals surface area contributed by atoms with Gasteiger partial charge in [0.25, 0.3) is 11.8 Å². The predicted octanol–water partition coefficient (Wildman–Crippen LogP) is 3.03. The quantitative estimate of drug-likeness (QED) is 0.572. The number of nitrogens with one attached hydrogen (secondary N) is 2. The van der Waals surface area contributed by atoms with Crippen molar-refractivity contribution >= 4 is 23.5 Å². The highest BCUT2D eigenvalue weighted by atomic mass is 16.5. The first-order chi connectivity index (χ1) is 14.9. The molecule has 1 heterocycles. The number of hydrogen-bond donors (Lipinski definition) is 2. The molecule has 3 aromatic rings. The van der Waals surface area contributed by atoms with Crippen molar-refractivity contribution in [3.63, 3.8) is 0 Å². The van der Waals surface area contributed by atoms with Crippen LogP contribution >= 0.6 is 0 Å². The Morgan fingerprint density at radius 3 is 2.48 bits per heavy atom. The number of ether oxygens (including phenoxy) is 1. The molecule has 8 nitrogen and oxygen atoms in total. The van der Waals surface area contributed by atoms with E-state index in [2.05, 4.69) is 15.7 Å². The molecule has 2 amide bonds. The molecule has 8 heteroatoms. The Kier molecular flexibility index (Phi) is 6.81. The third-order valence-corrected chi connectivity index (χ3v) is 4.58. The zero-order valence-corrected chi connectivity index (χ0v) is 17.6. The van der Waals surface area contributed by atoms with Crippen molar-refractivity contribution in [2.45, 2.75) is 20.8 Å². The molecule has 0 bridgehead atoms. The van der Waals surface area contributed by atoms with Gasteiger partial charge in [0.15, 0.2) is 6.61 Å². The lowest BCUT2D eigenvalue weighted by atomic mass is 10.2. The minimum Gasteiger partial charge on any atom is -0.452 e. The summed E-state index contributed by atoms with van der Waals surface area (Å²) in [6.45, 7) is 5.36. The second kappa shape index (κ2) is 9.71. The highest BCUT2D eigenvalue weighted by Gasteiger charge is 2.21. The molecular formula is C23H24N4O4. The number of aryl methyl sites for hydroxylation is 1. The van der Waals surface area contributed by atoms with E-state index in [1.807, 2.05) is 37.3 Å². The van der Waals surface area contributed by atoms with E-state index in [-0.39, 0.29) is 5.91 Å². The maximum Gasteiger partial charge on any atom is 0.342 e. The number of para-hydroxylation sites is 1. The van der Waals surface area contributed by atoms with Crippen molar-refractivity contribution in [2.75, 3.05) is 18.5 Å². The first-order valence-electron chi connectivity index (χ1n) is 9.87. The Balaban J connectivity index is 1.64. The first kappa shape index (κ1) is 21.8. The van der Waals surface area contributed by atoms with Gasteiger partial charge in [0.05, 0.1) is 17.1 Å². The van der Waals surface area contributed by atoms with Gasteiger partial charge in [-0.05, 0) is 51.1 Å². The average molecular weight is 420 g/mol. The van der Waals surface area contributed by atoms with E-state index < -0.39 is 18.5 Å². The van der Waals surface area contributed by atoms with Crippen molar-refractivity contribution in [1.29, 1.82) is 0 Å². The molecule has 0 aliphatic heterocycles. The molecule has 0 aliphatic carbocycles. The van der Waals surface area contributed by atoms with E-state index >= 15 is 0 Å². The molecule has 0 saturated carbocycles. The summed E-state index contributed by atoms with van der Waals surface area (Å²) in [4.78, 5) is 36.8. The van der Waals surface area contributed by atoms with Crippen LogP contribution < -0.4 is 10.6 Å².